The molecule has 2 aromatic rings. The van der Waals surface area contributed by atoms with Crippen molar-refractivity contribution in [1.82, 2.24) is 4.98 Å². The Hall–Kier alpha value is -1.49. The number of nitrogens with zero attached hydrogens (tertiary/aromatic N) is 1. The number of benzene rings is 1. The van der Waals surface area contributed by atoms with Crippen molar-refractivity contribution in [1.29, 1.82) is 0 Å². The summed E-state index contributed by atoms with van der Waals surface area (Å²) in [5, 5.41) is 1.29. The quantitative estimate of drug-likeness (QED) is 0.737. The van der Waals surface area contributed by atoms with E-state index in [-0.39, 0.29) is 0 Å². The van der Waals surface area contributed by atoms with Crippen molar-refractivity contribution in [3.63, 3.8) is 0 Å². The van der Waals surface area contributed by atoms with Crippen LogP contribution >= 0.6 is 0 Å². The number of aryl methyl sites for hydroxylation is 2. The van der Waals surface area contributed by atoms with E-state index in [9.17, 15) is 0 Å². The summed E-state index contributed by atoms with van der Waals surface area (Å²) in [7, 11) is 0. The molecule has 0 saturated carbocycles. The lowest BCUT2D eigenvalue weighted by molar-refractivity contribution is 0.438. The van der Waals surface area contributed by atoms with Gasteiger partial charge in [-0.3, -0.25) is 4.98 Å². The van der Waals surface area contributed by atoms with Crippen LogP contribution in [0.3, 0.4) is 0 Å². The van der Waals surface area contributed by atoms with Gasteiger partial charge in [-0.1, -0.05) is 25.1 Å². The molecule has 0 fully saturated rings. The molecule has 1 heterocycles. The minimum atomic E-state index is -0.639. The van der Waals surface area contributed by atoms with Gasteiger partial charge in [0.2, 0.25) is 0 Å². The van der Waals surface area contributed by atoms with Gasteiger partial charge in [0.25, 0.3) is 0 Å². The number of nitrogens with two attached hydrogens (primary N) is 3. The van der Waals surface area contributed by atoms with Crippen LogP contribution in [0.2, 0.25) is 0 Å². The topological polar surface area (TPSA) is 91.0 Å². The number of aromatic nitrogens is 1. The number of hydrogen-bond acceptors (Lipinski definition) is 4. The molecule has 114 valence electrons. The van der Waals surface area contributed by atoms with Crippen LogP contribution in [0, 0.1) is 0 Å². The van der Waals surface area contributed by atoms with E-state index in [2.05, 4.69) is 30.3 Å². The molecule has 4 heteroatoms. The van der Waals surface area contributed by atoms with Crippen molar-refractivity contribution < 1.29 is 0 Å². The maximum atomic E-state index is 5.37. The summed E-state index contributed by atoms with van der Waals surface area (Å²) in [6.45, 7) is 2.26. The summed E-state index contributed by atoms with van der Waals surface area (Å²) in [6.07, 6.45) is 5.74. The zero-order valence-corrected chi connectivity index (χ0v) is 12.8. The third-order valence-corrected chi connectivity index (χ3v) is 4.04. The van der Waals surface area contributed by atoms with Gasteiger partial charge in [0, 0.05) is 17.6 Å². The summed E-state index contributed by atoms with van der Waals surface area (Å²) in [5.41, 5.74) is 19.2. The minimum absolute atomic E-state index is 0.351. The Labute approximate surface area is 126 Å². The van der Waals surface area contributed by atoms with Crippen molar-refractivity contribution in [2.45, 2.75) is 44.7 Å². The summed E-state index contributed by atoms with van der Waals surface area (Å²) < 4.78 is 0. The fraction of sp³-hybridized carbons (Fsp3) is 0.471. The van der Waals surface area contributed by atoms with E-state index < -0.39 is 5.66 Å². The second-order valence-corrected chi connectivity index (χ2v) is 5.78. The SMILES string of the molecule is CCC(N)(N)CN.c1ccc2nc3c(cc2c1)CCCC3. The molecule has 0 aliphatic heterocycles. The highest BCUT2D eigenvalue weighted by Crippen LogP contribution is 2.23. The lowest BCUT2D eigenvalue weighted by Gasteiger charge is -2.18. The van der Waals surface area contributed by atoms with Gasteiger partial charge < -0.3 is 17.2 Å². The minimum Gasteiger partial charge on any atom is -0.328 e. The second-order valence-electron chi connectivity index (χ2n) is 5.78. The lowest BCUT2D eigenvalue weighted by Crippen LogP contribution is -2.54. The highest BCUT2D eigenvalue weighted by Gasteiger charge is 2.11. The molecule has 0 amide bonds. The van der Waals surface area contributed by atoms with Crippen LogP contribution < -0.4 is 17.2 Å². The Bertz CT molecular complexity index is 542. The first-order valence-electron chi connectivity index (χ1n) is 7.71. The fourth-order valence-electron chi connectivity index (χ4n) is 2.38. The average molecular weight is 286 g/mol. The van der Waals surface area contributed by atoms with E-state index in [1.165, 1.54) is 42.3 Å². The van der Waals surface area contributed by atoms with Crippen molar-refractivity contribution in [3.8, 4) is 0 Å². The predicted molar refractivity (Wildman–Crippen MR) is 88.8 cm³/mol. The first kappa shape index (κ1) is 15.9. The van der Waals surface area contributed by atoms with Crippen molar-refractivity contribution >= 4 is 10.9 Å². The Morgan fingerprint density at radius 1 is 1.14 bits per heavy atom. The van der Waals surface area contributed by atoms with Crippen LogP contribution in [0.25, 0.3) is 10.9 Å². The Morgan fingerprint density at radius 2 is 1.86 bits per heavy atom. The van der Waals surface area contributed by atoms with Crippen LogP contribution in [0.5, 0.6) is 0 Å². The van der Waals surface area contributed by atoms with Crippen molar-refractivity contribution in [3.05, 3.63) is 41.6 Å². The summed E-state index contributed by atoms with van der Waals surface area (Å²) >= 11 is 0. The zero-order valence-electron chi connectivity index (χ0n) is 12.8. The molecule has 21 heavy (non-hydrogen) atoms. The molecule has 0 saturated heterocycles. The van der Waals surface area contributed by atoms with Crippen LogP contribution in [-0.2, 0) is 12.8 Å². The third-order valence-electron chi connectivity index (χ3n) is 4.04. The molecular weight excluding hydrogens is 260 g/mol. The predicted octanol–water partition coefficient (Wildman–Crippen LogP) is 2.08. The molecule has 0 atom stereocenters. The molecule has 0 spiro atoms. The van der Waals surface area contributed by atoms with Gasteiger partial charge in [-0.2, -0.15) is 0 Å². The highest BCUT2D eigenvalue weighted by molar-refractivity contribution is 5.79. The van der Waals surface area contributed by atoms with Crippen LogP contribution in [0.4, 0.5) is 0 Å². The average Bonchev–Trinajstić information content (AvgIpc) is 2.53. The summed E-state index contributed by atoms with van der Waals surface area (Å²) in [6, 6.07) is 10.7. The summed E-state index contributed by atoms with van der Waals surface area (Å²) in [5.74, 6) is 0. The normalized spacial score (nSPS) is 14.3. The largest absolute Gasteiger partial charge is 0.328 e. The number of para-hydroxylation sites is 1. The van der Waals surface area contributed by atoms with Crippen LogP contribution in [0.15, 0.2) is 30.3 Å². The zero-order chi connectivity index (χ0) is 15.3. The number of pyridine rings is 1. The molecule has 1 aliphatic carbocycles. The molecule has 4 nitrogen and oxygen atoms in total. The summed E-state index contributed by atoms with van der Waals surface area (Å²) in [4.78, 5) is 4.72. The maximum absolute atomic E-state index is 5.37. The standard InChI is InChI=1S/C13H13N.C4H13N3/c1-3-7-12-10(5-1)9-11-6-2-4-8-13(11)14-12;1-2-4(6,7)3-5/h1,3,5,7,9H,2,4,6,8H2;2-3,5-7H2,1H3. The molecule has 0 radical (unpaired) electrons. The molecule has 3 rings (SSSR count). The lowest BCUT2D eigenvalue weighted by atomic mass is 9.95. The van der Waals surface area contributed by atoms with Gasteiger partial charge in [-0.05, 0) is 49.8 Å². The third kappa shape index (κ3) is 4.24. The van der Waals surface area contributed by atoms with Gasteiger partial charge in [-0.25, -0.2) is 0 Å². The fourth-order valence-corrected chi connectivity index (χ4v) is 2.38. The van der Waals surface area contributed by atoms with E-state index >= 15 is 0 Å². The van der Waals surface area contributed by atoms with Crippen LogP contribution in [-0.4, -0.2) is 17.2 Å². The van der Waals surface area contributed by atoms with Crippen LogP contribution in [0.1, 0.15) is 37.4 Å². The molecule has 6 N–H and O–H groups in total. The molecule has 0 unspecified atom stereocenters. The number of fused-ring (bicyclic) bond motifs is 2. The Balaban J connectivity index is 0.000000199. The number of hydrogen-bond donors (Lipinski definition) is 3. The second kappa shape index (κ2) is 6.98. The van der Waals surface area contributed by atoms with Gasteiger partial charge in [0.1, 0.15) is 0 Å². The van der Waals surface area contributed by atoms with E-state index in [1.807, 2.05) is 6.92 Å². The smallest absolute Gasteiger partial charge is 0.0760 e. The Morgan fingerprint density at radius 3 is 2.52 bits per heavy atom. The van der Waals surface area contributed by atoms with Gasteiger partial charge in [0.05, 0.1) is 11.2 Å². The van der Waals surface area contributed by atoms with E-state index in [1.54, 1.807) is 0 Å². The van der Waals surface area contributed by atoms with Gasteiger partial charge >= 0.3 is 0 Å². The maximum Gasteiger partial charge on any atom is 0.0760 e. The molecular formula is C17H26N4. The first-order chi connectivity index (χ1) is 10.1. The van der Waals surface area contributed by atoms with Gasteiger partial charge in [-0.15, -0.1) is 0 Å². The highest BCUT2D eigenvalue weighted by atomic mass is 15.0. The van der Waals surface area contributed by atoms with E-state index in [0.29, 0.717) is 6.54 Å². The molecule has 1 aromatic carbocycles. The molecule has 1 aromatic heterocycles. The van der Waals surface area contributed by atoms with Crippen molar-refractivity contribution in [2.24, 2.45) is 17.2 Å². The Kier molecular flexibility index (Phi) is 5.28. The number of rotatable bonds is 2. The van der Waals surface area contributed by atoms with Crippen molar-refractivity contribution in [2.75, 3.05) is 6.54 Å². The monoisotopic (exact) mass is 286 g/mol. The van der Waals surface area contributed by atoms with Gasteiger partial charge in [0.15, 0.2) is 0 Å². The molecule has 1 aliphatic rings. The first-order valence-corrected chi connectivity index (χ1v) is 7.71. The van der Waals surface area contributed by atoms with E-state index in [4.69, 9.17) is 22.2 Å². The van der Waals surface area contributed by atoms with E-state index in [0.717, 1.165) is 11.9 Å². The molecule has 0 bridgehead atoms.